The van der Waals surface area contributed by atoms with E-state index >= 15 is 0 Å². The molecule has 0 saturated carbocycles. The zero-order valence-electron chi connectivity index (χ0n) is 4.86. The molecule has 0 atom stereocenters. The summed E-state index contributed by atoms with van der Waals surface area (Å²) in [5.74, 6) is -1.12. The Labute approximate surface area is 51.1 Å². The molecular weight excluding hydrogens is 130 g/mol. The number of rotatable bonds is 2. The van der Waals surface area contributed by atoms with E-state index in [1.54, 1.807) is 0 Å². The van der Waals surface area contributed by atoms with Gasteiger partial charge in [-0.2, -0.15) is 8.78 Å². The Morgan fingerprint density at radius 2 is 2.22 bits per heavy atom. The number of ether oxygens (including phenoxy) is 1. The van der Waals surface area contributed by atoms with Crippen molar-refractivity contribution in [3.05, 3.63) is 12.7 Å². The lowest BCUT2D eigenvalue weighted by Crippen LogP contribution is -2.18. The molecule has 0 aromatic carbocycles. The molecule has 0 rings (SSSR count). The third kappa shape index (κ3) is 4.93. The van der Waals surface area contributed by atoms with Crippen LogP contribution >= 0.6 is 0 Å². The normalized spacial score (nSPS) is 10.6. The standard InChI is InChI=1S/C5H6F2O2/c1-3-4(8)9-5(2,6)7/h3H,1H2,2H3. The lowest BCUT2D eigenvalue weighted by Gasteiger charge is -2.07. The van der Waals surface area contributed by atoms with E-state index in [0.717, 1.165) is 0 Å². The molecule has 0 unspecified atom stereocenters. The first kappa shape index (κ1) is 8.07. The molecule has 0 N–H and O–H groups in total. The highest BCUT2D eigenvalue weighted by atomic mass is 19.3. The molecule has 0 fully saturated rings. The Hall–Kier alpha value is -0.930. The summed E-state index contributed by atoms with van der Waals surface area (Å²) >= 11 is 0. The Balaban J connectivity index is 3.74. The van der Waals surface area contributed by atoms with Crippen LogP contribution in [0.1, 0.15) is 6.92 Å². The van der Waals surface area contributed by atoms with Crippen LogP contribution in [-0.4, -0.2) is 12.1 Å². The molecule has 0 aliphatic heterocycles. The summed E-state index contributed by atoms with van der Waals surface area (Å²) < 4.78 is 26.8. The molecule has 0 amide bonds. The van der Waals surface area contributed by atoms with Gasteiger partial charge < -0.3 is 4.74 Å². The van der Waals surface area contributed by atoms with Crippen LogP contribution in [0.25, 0.3) is 0 Å². The van der Waals surface area contributed by atoms with Gasteiger partial charge in [0.25, 0.3) is 0 Å². The third-order valence-corrected chi connectivity index (χ3v) is 0.446. The maximum absolute atomic E-state index is 11.7. The number of carbonyl (C=O) groups is 1. The smallest absolute Gasteiger partial charge is 0.397 e. The van der Waals surface area contributed by atoms with E-state index in [0.29, 0.717) is 13.0 Å². The molecule has 0 aromatic heterocycles. The fraction of sp³-hybridized carbons (Fsp3) is 0.400. The van der Waals surface area contributed by atoms with Gasteiger partial charge in [-0.15, -0.1) is 0 Å². The summed E-state index contributed by atoms with van der Waals surface area (Å²) in [6, 6.07) is 0. The summed E-state index contributed by atoms with van der Waals surface area (Å²) in [7, 11) is 0. The average Bonchev–Trinajstić information content (AvgIpc) is 1.62. The Kier molecular flexibility index (Phi) is 2.30. The first-order valence-electron chi connectivity index (χ1n) is 2.19. The molecule has 9 heavy (non-hydrogen) atoms. The monoisotopic (exact) mass is 136 g/mol. The Morgan fingerprint density at radius 3 is 2.33 bits per heavy atom. The number of alkyl halides is 2. The third-order valence-electron chi connectivity index (χ3n) is 0.446. The van der Waals surface area contributed by atoms with Crippen molar-refractivity contribution in [2.45, 2.75) is 13.0 Å². The van der Waals surface area contributed by atoms with Gasteiger partial charge in [-0.3, -0.25) is 0 Å². The van der Waals surface area contributed by atoms with Crippen LogP contribution in [0.15, 0.2) is 12.7 Å². The van der Waals surface area contributed by atoms with Crippen LogP contribution in [0.3, 0.4) is 0 Å². The summed E-state index contributed by atoms with van der Waals surface area (Å²) in [5.41, 5.74) is 0. The quantitative estimate of drug-likeness (QED) is 0.422. The van der Waals surface area contributed by atoms with Crippen molar-refractivity contribution in [3.8, 4) is 0 Å². The highest BCUT2D eigenvalue weighted by molar-refractivity contribution is 5.81. The van der Waals surface area contributed by atoms with Gasteiger partial charge in [0.15, 0.2) is 0 Å². The maximum Gasteiger partial charge on any atom is 0.397 e. The zero-order valence-corrected chi connectivity index (χ0v) is 4.86. The topological polar surface area (TPSA) is 26.3 Å². The van der Waals surface area contributed by atoms with Gasteiger partial charge in [0.2, 0.25) is 0 Å². The highest BCUT2D eigenvalue weighted by Gasteiger charge is 2.24. The Morgan fingerprint density at radius 1 is 1.78 bits per heavy atom. The van der Waals surface area contributed by atoms with Crippen molar-refractivity contribution in [3.63, 3.8) is 0 Å². The van der Waals surface area contributed by atoms with Gasteiger partial charge in [-0.05, 0) is 0 Å². The van der Waals surface area contributed by atoms with E-state index in [2.05, 4.69) is 11.3 Å². The minimum atomic E-state index is -3.40. The Bertz CT molecular complexity index is 125. The molecule has 0 radical (unpaired) electrons. The van der Waals surface area contributed by atoms with Crippen molar-refractivity contribution in [1.29, 1.82) is 0 Å². The predicted octanol–water partition coefficient (Wildman–Crippen LogP) is 1.33. The number of carbonyl (C=O) groups excluding carboxylic acids is 1. The van der Waals surface area contributed by atoms with Crippen LogP contribution in [0.4, 0.5) is 8.78 Å². The van der Waals surface area contributed by atoms with E-state index in [9.17, 15) is 13.6 Å². The predicted molar refractivity (Wildman–Crippen MR) is 26.9 cm³/mol. The van der Waals surface area contributed by atoms with Crippen LogP contribution in [0, 0.1) is 0 Å². The molecule has 4 heteroatoms. The van der Waals surface area contributed by atoms with Gasteiger partial charge in [0.1, 0.15) is 0 Å². The van der Waals surface area contributed by atoms with Gasteiger partial charge in [-0.25, -0.2) is 4.79 Å². The second-order valence-electron chi connectivity index (χ2n) is 1.43. The molecule has 52 valence electrons. The molecular formula is C5H6F2O2. The van der Waals surface area contributed by atoms with Crippen molar-refractivity contribution in [2.24, 2.45) is 0 Å². The number of hydrogen-bond donors (Lipinski definition) is 0. The summed E-state index contributed by atoms with van der Waals surface area (Å²) in [6.07, 6.45) is -2.72. The fourth-order valence-electron chi connectivity index (χ4n) is 0.218. The van der Waals surface area contributed by atoms with E-state index in [-0.39, 0.29) is 0 Å². The number of hydrogen-bond acceptors (Lipinski definition) is 2. The van der Waals surface area contributed by atoms with Gasteiger partial charge in [0.05, 0.1) is 0 Å². The van der Waals surface area contributed by atoms with E-state index < -0.39 is 12.1 Å². The van der Waals surface area contributed by atoms with Crippen molar-refractivity contribution < 1.29 is 18.3 Å². The van der Waals surface area contributed by atoms with Crippen molar-refractivity contribution >= 4 is 5.97 Å². The van der Waals surface area contributed by atoms with Crippen LogP contribution in [-0.2, 0) is 9.53 Å². The van der Waals surface area contributed by atoms with E-state index in [1.165, 1.54) is 0 Å². The second kappa shape index (κ2) is 2.57. The molecule has 0 spiro atoms. The minimum Gasteiger partial charge on any atom is -0.398 e. The van der Waals surface area contributed by atoms with Gasteiger partial charge in [0, 0.05) is 13.0 Å². The van der Waals surface area contributed by atoms with Crippen molar-refractivity contribution in [1.82, 2.24) is 0 Å². The lowest BCUT2D eigenvalue weighted by molar-refractivity contribution is -0.217. The number of halogens is 2. The molecule has 0 saturated heterocycles. The molecule has 0 bridgehead atoms. The number of esters is 1. The fourth-order valence-corrected chi connectivity index (χ4v) is 0.218. The van der Waals surface area contributed by atoms with Gasteiger partial charge >= 0.3 is 12.1 Å². The minimum absolute atomic E-state index is 0.481. The SMILES string of the molecule is C=CC(=O)OC(C)(F)F. The molecule has 0 aromatic rings. The van der Waals surface area contributed by atoms with E-state index in [1.807, 2.05) is 0 Å². The zero-order chi connectivity index (χ0) is 7.49. The molecule has 2 nitrogen and oxygen atoms in total. The van der Waals surface area contributed by atoms with Crippen molar-refractivity contribution in [2.75, 3.05) is 0 Å². The summed E-state index contributed by atoms with van der Waals surface area (Å²) in [6.45, 7) is 3.42. The van der Waals surface area contributed by atoms with E-state index in [4.69, 9.17) is 0 Å². The summed E-state index contributed by atoms with van der Waals surface area (Å²) in [4.78, 5) is 10.0. The molecule has 0 aliphatic rings. The largest absolute Gasteiger partial charge is 0.398 e. The second-order valence-corrected chi connectivity index (χ2v) is 1.43. The highest BCUT2D eigenvalue weighted by Crippen LogP contribution is 2.12. The van der Waals surface area contributed by atoms with Crippen LogP contribution in [0.5, 0.6) is 0 Å². The lowest BCUT2D eigenvalue weighted by atomic mass is 10.6. The first-order valence-corrected chi connectivity index (χ1v) is 2.19. The van der Waals surface area contributed by atoms with Crippen LogP contribution in [0.2, 0.25) is 0 Å². The maximum atomic E-state index is 11.7. The summed E-state index contributed by atoms with van der Waals surface area (Å²) in [5, 5.41) is 0. The van der Waals surface area contributed by atoms with Gasteiger partial charge in [-0.1, -0.05) is 6.58 Å². The molecule has 0 aliphatic carbocycles. The molecule has 0 heterocycles. The van der Waals surface area contributed by atoms with Crippen LogP contribution < -0.4 is 0 Å². The first-order chi connectivity index (χ1) is 3.95. The average molecular weight is 136 g/mol.